The highest BCUT2D eigenvalue weighted by Crippen LogP contribution is 2.49. The van der Waals surface area contributed by atoms with Crippen LogP contribution in [0.2, 0.25) is 0 Å². The van der Waals surface area contributed by atoms with Crippen LogP contribution in [0.4, 0.5) is 0 Å². The maximum atomic E-state index is 10.1. The van der Waals surface area contributed by atoms with E-state index in [0.29, 0.717) is 11.1 Å². The number of hydrogen-bond donors (Lipinski definition) is 0. The average Bonchev–Trinajstić information content (AvgIpc) is 2.67. The van der Waals surface area contributed by atoms with E-state index >= 15 is 0 Å². The fraction of sp³-hybridized carbons (Fsp3) is 0.200. The smallest absolute Gasteiger partial charge is 0.171 e. The standard InChI is InChI=1S/C20H14N4/c21-13-7-12-19(14-22,15-23)20(16-24,17-8-3-1-4-9-17)18-10-5-2-6-11-18/h1-6,8-11H,7,12H2. The average molecular weight is 310 g/mol. The van der Waals surface area contributed by atoms with Gasteiger partial charge in [0.2, 0.25) is 0 Å². The van der Waals surface area contributed by atoms with Gasteiger partial charge in [0, 0.05) is 6.42 Å². The van der Waals surface area contributed by atoms with Gasteiger partial charge in [-0.05, 0) is 17.5 Å². The van der Waals surface area contributed by atoms with E-state index in [-0.39, 0.29) is 12.8 Å². The molecule has 2 aromatic carbocycles. The zero-order valence-electron chi connectivity index (χ0n) is 13.0. The van der Waals surface area contributed by atoms with E-state index in [1.165, 1.54) is 0 Å². The highest BCUT2D eigenvalue weighted by molar-refractivity contribution is 5.54. The van der Waals surface area contributed by atoms with Crippen LogP contribution in [0.25, 0.3) is 0 Å². The summed E-state index contributed by atoms with van der Waals surface area (Å²) in [5.41, 5.74) is -2.00. The Balaban J connectivity index is 2.87. The topological polar surface area (TPSA) is 95.2 Å². The summed E-state index contributed by atoms with van der Waals surface area (Å²) in [6, 6.07) is 26.0. The van der Waals surface area contributed by atoms with Crippen molar-refractivity contribution in [3.63, 3.8) is 0 Å². The highest BCUT2D eigenvalue weighted by atomic mass is 14.6. The van der Waals surface area contributed by atoms with Gasteiger partial charge in [-0.25, -0.2) is 0 Å². The Morgan fingerprint density at radius 3 is 1.46 bits per heavy atom. The first-order valence-electron chi connectivity index (χ1n) is 7.42. The molecule has 0 aliphatic heterocycles. The number of nitriles is 4. The van der Waals surface area contributed by atoms with Crippen LogP contribution in [0.5, 0.6) is 0 Å². The molecule has 0 aliphatic rings. The minimum absolute atomic E-state index is 0.00610. The third kappa shape index (κ3) is 2.48. The van der Waals surface area contributed by atoms with E-state index in [2.05, 4.69) is 18.2 Å². The molecular formula is C20H14N4. The van der Waals surface area contributed by atoms with Crippen molar-refractivity contribution in [2.24, 2.45) is 5.41 Å². The van der Waals surface area contributed by atoms with Crippen molar-refractivity contribution >= 4 is 0 Å². The lowest BCUT2D eigenvalue weighted by molar-refractivity contribution is 0.353. The zero-order chi connectivity index (χ0) is 17.5. The van der Waals surface area contributed by atoms with Crippen LogP contribution in [0.15, 0.2) is 60.7 Å². The summed E-state index contributed by atoms with van der Waals surface area (Å²) in [4.78, 5) is 0. The molecule has 0 atom stereocenters. The van der Waals surface area contributed by atoms with E-state index in [9.17, 15) is 15.8 Å². The normalized spacial score (nSPS) is 10.7. The van der Waals surface area contributed by atoms with Crippen molar-refractivity contribution in [3.8, 4) is 24.3 Å². The Hall–Kier alpha value is -3.60. The first-order chi connectivity index (χ1) is 11.7. The quantitative estimate of drug-likeness (QED) is 0.838. The van der Waals surface area contributed by atoms with E-state index in [1.54, 1.807) is 48.5 Å². The third-order valence-electron chi connectivity index (χ3n) is 4.21. The number of hydrogen-bond acceptors (Lipinski definition) is 4. The third-order valence-corrected chi connectivity index (χ3v) is 4.21. The van der Waals surface area contributed by atoms with Crippen LogP contribution in [0.1, 0.15) is 24.0 Å². The number of benzene rings is 2. The van der Waals surface area contributed by atoms with Crippen molar-refractivity contribution in [2.45, 2.75) is 18.3 Å². The summed E-state index contributed by atoms with van der Waals surface area (Å²) in [5.74, 6) is 0. The monoisotopic (exact) mass is 310 g/mol. The van der Waals surface area contributed by atoms with Crippen LogP contribution in [0, 0.1) is 50.7 Å². The molecule has 4 heteroatoms. The van der Waals surface area contributed by atoms with Gasteiger partial charge in [0.25, 0.3) is 0 Å². The minimum Gasteiger partial charge on any atom is -0.198 e. The molecule has 0 unspecified atom stereocenters. The van der Waals surface area contributed by atoms with Gasteiger partial charge in [0.15, 0.2) is 5.41 Å². The molecule has 0 saturated carbocycles. The fourth-order valence-corrected chi connectivity index (χ4v) is 3.00. The molecule has 0 amide bonds. The van der Waals surface area contributed by atoms with Crippen molar-refractivity contribution in [2.75, 3.05) is 0 Å². The van der Waals surface area contributed by atoms with E-state index in [4.69, 9.17) is 5.26 Å². The summed E-state index contributed by atoms with van der Waals surface area (Å²) in [5, 5.41) is 38.8. The van der Waals surface area contributed by atoms with Gasteiger partial charge in [-0.15, -0.1) is 0 Å². The molecule has 0 aromatic heterocycles. The minimum atomic E-state index is -1.67. The Morgan fingerprint density at radius 1 is 0.667 bits per heavy atom. The van der Waals surface area contributed by atoms with Gasteiger partial charge in [-0.1, -0.05) is 60.7 Å². The Kier molecular flexibility index (Phi) is 4.96. The second-order valence-corrected chi connectivity index (χ2v) is 5.38. The van der Waals surface area contributed by atoms with Crippen LogP contribution in [-0.2, 0) is 5.41 Å². The van der Waals surface area contributed by atoms with Gasteiger partial charge >= 0.3 is 0 Å². The van der Waals surface area contributed by atoms with Gasteiger partial charge < -0.3 is 0 Å². The molecule has 0 radical (unpaired) electrons. The molecular weight excluding hydrogens is 296 g/mol. The van der Waals surface area contributed by atoms with Crippen LogP contribution in [0.3, 0.4) is 0 Å². The molecule has 0 bridgehead atoms. The van der Waals surface area contributed by atoms with E-state index < -0.39 is 10.8 Å². The predicted octanol–water partition coefficient (Wildman–Crippen LogP) is 3.83. The molecule has 0 fully saturated rings. The zero-order valence-corrected chi connectivity index (χ0v) is 13.0. The summed E-state index contributed by atoms with van der Waals surface area (Å²) >= 11 is 0. The molecule has 0 spiro atoms. The number of rotatable bonds is 5. The first kappa shape index (κ1) is 16.8. The Bertz CT molecular complexity index is 805. The SMILES string of the molecule is N#CCCC(C#N)(C#N)C(C#N)(c1ccccc1)c1ccccc1. The van der Waals surface area contributed by atoms with Gasteiger partial charge in [-0.3, -0.25) is 0 Å². The van der Waals surface area contributed by atoms with Crippen LogP contribution >= 0.6 is 0 Å². The van der Waals surface area contributed by atoms with E-state index in [1.807, 2.05) is 18.2 Å². The maximum Gasteiger partial charge on any atom is 0.171 e. The lowest BCUT2D eigenvalue weighted by atomic mass is 9.57. The molecule has 0 heterocycles. The largest absolute Gasteiger partial charge is 0.198 e. The molecule has 0 saturated heterocycles. The summed E-state index contributed by atoms with van der Waals surface area (Å²) in [7, 11) is 0. The highest BCUT2D eigenvalue weighted by Gasteiger charge is 2.55. The van der Waals surface area contributed by atoms with Crippen molar-refractivity contribution in [1.82, 2.24) is 0 Å². The van der Waals surface area contributed by atoms with E-state index in [0.717, 1.165) is 0 Å². The summed E-state index contributed by atoms with van der Waals surface area (Å²) in [6.07, 6.45) is 0.0120. The van der Waals surface area contributed by atoms with Crippen molar-refractivity contribution in [3.05, 3.63) is 71.8 Å². The molecule has 24 heavy (non-hydrogen) atoms. The lowest BCUT2D eigenvalue weighted by Gasteiger charge is -2.37. The van der Waals surface area contributed by atoms with Crippen molar-refractivity contribution < 1.29 is 0 Å². The molecule has 0 N–H and O–H groups in total. The summed E-state index contributed by atoms with van der Waals surface area (Å²) in [6.45, 7) is 0. The Morgan fingerprint density at radius 2 is 1.12 bits per heavy atom. The Labute approximate surface area is 141 Å². The van der Waals surface area contributed by atoms with Crippen LogP contribution < -0.4 is 0 Å². The van der Waals surface area contributed by atoms with Gasteiger partial charge in [0.1, 0.15) is 5.41 Å². The molecule has 2 rings (SSSR count). The van der Waals surface area contributed by atoms with Gasteiger partial charge in [-0.2, -0.15) is 21.0 Å². The lowest BCUT2D eigenvalue weighted by Crippen LogP contribution is -2.44. The fourth-order valence-electron chi connectivity index (χ4n) is 3.00. The van der Waals surface area contributed by atoms with Crippen LogP contribution in [-0.4, -0.2) is 0 Å². The molecule has 2 aromatic rings. The predicted molar refractivity (Wildman–Crippen MR) is 87.8 cm³/mol. The summed E-state index contributed by atoms with van der Waals surface area (Å²) < 4.78 is 0. The number of nitrogens with zero attached hydrogens (tertiary/aromatic N) is 4. The van der Waals surface area contributed by atoms with Crippen molar-refractivity contribution in [1.29, 1.82) is 21.0 Å². The first-order valence-corrected chi connectivity index (χ1v) is 7.42. The molecule has 114 valence electrons. The molecule has 4 nitrogen and oxygen atoms in total. The molecule has 0 aliphatic carbocycles. The second kappa shape index (κ2) is 7.11. The maximum absolute atomic E-state index is 10.1. The second-order valence-electron chi connectivity index (χ2n) is 5.38. The van der Waals surface area contributed by atoms with Gasteiger partial charge in [0.05, 0.1) is 24.3 Å².